The predicted octanol–water partition coefficient (Wildman–Crippen LogP) is 4.10. The van der Waals surface area contributed by atoms with Crippen LogP contribution in [0, 0.1) is 0 Å². The number of benzene rings is 3. The summed E-state index contributed by atoms with van der Waals surface area (Å²) in [6.45, 7) is 0.766. The van der Waals surface area contributed by atoms with E-state index >= 15 is 0 Å². The van der Waals surface area contributed by atoms with E-state index in [-0.39, 0.29) is 24.2 Å². The summed E-state index contributed by atoms with van der Waals surface area (Å²) in [6.07, 6.45) is 3.62. The molecule has 1 amide bonds. The summed E-state index contributed by atoms with van der Waals surface area (Å²) in [6, 6.07) is 17.3. The van der Waals surface area contributed by atoms with Crippen molar-refractivity contribution >= 4 is 17.7 Å². The standard InChI is InChI=1S/C24H21NO6/c26-20-8-1-16(13-21(20)27)3-10-24(28)25-18-4-6-19(7-5-18)29-12-11-17-2-9-22-23(14-17)31-15-30-22/h1-10,13-14,26-27H,11-12,15H2,(H,25,28)/b10-3+. The number of fused-ring (bicyclic) bond motifs is 1. The molecule has 3 N–H and O–H groups in total. The van der Waals surface area contributed by atoms with Gasteiger partial charge in [0.2, 0.25) is 12.7 Å². The molecule has 0 unspecified atom stereocenters. The fourth-order valence-corrected chi connectivity index (χ4v) is 3.02. The van der Waals surface area contributed by atoms with E-state index in [1.807, 2.05) is 18.2 Å². The van der Waals surface area contributed by atoms with Crippen LogP contribution in [0.25, 0.3) is 6.08 Å². The summed E-state index contributed by atoms with van der Waals surface area (Å²) in [5.41, 5.74) is 2.32. The van der Waals surface area contributed by atoms with Crippen LogP contribution >= 0.6 is 0 Å². The van der Waals surface area contributed by atoms with Crippen molar-refractivity contribution in [1.82, 2.24) is 0 Å². The molecule has 0 radical (unpaired) electrons. The number of amides is 1. The van der Waals surface area contributed by atoms with Gasteiger partial charge in [0, 0.05) is 18.2 Å². The van der Waals surface area contributed by atoms with E-state index in [0.29, 0.717) is 23.6 Å². The smallest absolute Gasteiger partial charge is 0.248 e. The highest BCUT2D eigenvalue weighted by atomic mass is 16.7. The lowest BCUT2D eigenvalue weighted by atomic mass is 10.1. The molecule has 0 saturated carbocycles. The molecule has 31 heavy (non-hydrogen) atoms. The molecule has 1 heterocycles. The Morgan fingerprint density at radius 2 is 1.77 bits per heavy atom. The molecule has 7 nitrogen and oxygen atoms in total. The largest absolute Gasteiger partial charge is 0.504 e. The molecular weight excluding hydrogens is 398 g/mol. The molecule has 1 aliphatic heterocycles. The Kier molecular flexibility index (Phi) is 5.93. The number of phenols is 2. The van der Waals surface area contributed by atoms with Crippen molar-refractivity contribution in [2.45, 2.75) is 6.42 Å². The van der Waals surface area contributed by atoms with Crippen LogP contribution in [-0.2, 0) is 11.2 Å². The number of rotatable bonds is 7. The average Bonchev–Trinajstić information content (AvgIpc) is 3.24. The zero-order valence-corrected chi connectivity index (χ0v) is 16.6. The second kappa shape index (κ2) is 9.13. The van der Waals surface area contributed by atoms with Gasteiger partial charge in [-0.25, -0.2) is 0 Å². The molecule has 158 valence electrons. The van der Waals surface area contributed by atoms with Gasteiger partial charge in [-0.3, -0.25) is 4.79 Å². The molecule has 0 fully saturated rings. The number of carbonyl (C=O) groups is 1. The first-order valence-electron chi connectivity index (χ1n) is 9.69. The number of hydrogen-bond acceptors (Lipinski definition) is 6. The average molecular weight is 419 g/mol. The number of nitrogens with one attached hydrogen (secondary N) is 1. The maximum Gasteiger partial charge on any atom is 0.248 e. The molecule has 0 atom stereocenters. The topological polar surface area (TPSA) is 97.3 Å². The normalized spacial score (nSPS) is 12.1. The Morgan fingerprint density at radius 1 is 0.968 bits per heavy atom. The Labute approximate surface area is 179 Å². The highest BCUT2D eigenvalue weighted by Gasteiger charge is 2.13. The minimum absolute atomic E-state index is 0.209. The lowest BCUT2D eigenvalue weighted by Gasteiger charge is -2.08. The molecular formula is C24H21NO6. The summed E-state index contributed by atoms with van der Waals surface area (Å²) in [5, 5.41) is 21.5. The molecule has 1 aliphatic rings. The molecule has 0 aliphatic carbocycles. The molecule has 4 rings (SSSR count). The van der Waals surface area contributed by atoms with Crippen molar-refractivity contribution in [3.8, 4) is 28.7 Å². The second-order valence-electron chi connectivity index (χ2n) is 6.88. The molecule has 7 heteroatoms. The Hall–Kier alpha value is -4.13. The van der Waals surface area contributed by atoms with Crippen molar-refractivity contribution < 1.29 is 29.2 Å². The van der Waals surface area contributed by atoms with Gasteiger partial charge in [0.05, 0.1) is 6.61 Å². The van der Waals surface area contributed by atoms with Gasteiger partial charge in [-0.15, -0.1) is 0 Å². The summed E-state index contributed by atoms with van der Waals surface area (Å²) in [7, 11) is 0. The van der Waals surface area contributed by atoms with E-state index in [9.17, 15) is 15.0 Å². The first kappa shape index (κ1) is 20.2. The lowest BCUT2D eigenvalue weighted by molar-refractivity contribution is -0.111. The SMILES string of the molecule is O=C(/C=C/c1ccc(O)c(O)c1)Nc1ccc(OCCc2ccc3c(c2)OCO3)cc1. The van der Waals surface area contributed by atoms with Crippen LogP contribution in [-0.4, -0.2) is 29.5 Å². The van der Waals surface area contributed by atoms with Crippen molar-refractivity contribution in [3.05, 3.63) is 77.9 Å². The highest BCUT2D eigenvalue weighted by Crippen LogP contribution is 2.32. The van der Waals surface area contributed by atoms with E-state index in [0.717, 1.165) is 23.5 Å². The predicted molar refractivity (Wildman–Crippen MR) is 116 cm³/mol. The summed E-state index contributed by atoms with van der Waals surface area (Å²) < 4.78 is 16.5. The van der Waals surface area contributed by atoms with E-state index < -0.39 is 0 Å². The molecule has 3 aromatic carbocycles. The molecule has 0 bridgehead atoms. The van der Waals surface area contributed by atoms with E-state index in [1.165, 1.54) is 18.2 Å². The van der Waals surface area contributed by atoms with Crippen LogP contribution in [0.4, 0.5) is 5.69 Å². The molecule has 0 aromatic heterocycles. The number of hydrogen-bond donors (Lipinski definition) is 3. The third kappa shape index (κ3) is 5.27. The molecule has 0 saturated heterocycles. The monoisotopic (exact) mass is 419 g/mol. The van der Waals surface area contributed by atoms with Gasteiger partial charge < -0.3 is 29.7 Å². The van der Waals surface area contributed by atoms with Gasteiger partial charge in [0.25, 0.3) is 0 Å². The zero-order valence-electron chi connectivity index (χ0n) is 16.6. The van der Waals surface area contributed by atoms with Gasteiger partial charge in [-0.2, -0.15) is 0 Å². The third-order valence-corrected chi connectivity index (χ3v) is 4.64. The van der Waals surface area contributed by atoms with Crippen LogP contribution in [0.3, 0.4) is 0 Å². The first-order chi connectivity index (χ1) is 15.1. The van der Waals surface area contributed by atoms with Gasteiger partial charge in [-0.05, 0) is 65.7 Å². The highest BCUT2D eigenvalue weighted by molar-refractivity contribution is 6.01. The Balaban J connectivity index is 1.25. The fraction of sp³-hybridized carbons (Fsp3) is 0.125. The van der Waals surface area contributed by atoms with Crippen LogP contribution in [0.1, 0.15) is 11.1 Å². The van der Waals surface area contributed by atoms with Crippen molar-refractivity contribution in [3.63, 3.8) is 0 Å². The second-order valence-corrected chi connectivity index (χ2v) is 6.88. The van der Waals surface area contributed by atoms with Gasteiger partial charge in [-0.1, -0.05) is 12.1 Å². The Morgan fingerprint density at radius 3 is 2.58 bits per heavy atom. The van der Waals surface area contributed by atoms with Gasteiger partial charge in [0.1, 0.15) is 5.75 Å². The maximum absolute atomic E-state index is 12.1. The van der Waals surface area contributed by atoms with Gasteiger partial charge >= 0.3 is 0 Å². The van der Waals surface area contributed by atoms with Crippen LogP contribution in [0.15, 0.2) is 66.7 Å². The molecule has 3 aromatic rings. The lowest BCUT2D eigenvalue weighted by Crippen LogP contribution is -2.07. The van der Waals surface area contributed by atoms with Crippen molar-refractivity contribution in [2.24, 2.45) is 0 Å². The van der Waals surface area contributed by atoms with E-state index in [2.05, 4.69) is 5.32 Å². The minimum atomic E-state index is -0.316. The summed E-state index contributed by atoms with van der Waals surface area (Å²) in [4.78, 5) is 12.1. The van der Waals surface area contributed by atoms with E-state index in [4.69, 9.17) is 14.2 Å². The number of ether oxygens (including phenoxy) is 3. The fourth-order valence-electron chi connectivity index (χ4n) is 3.02. The maximum atomic E-state index is 12.1. The van der Waals surface area contributed by atoms with Crippen molar-refractivity contribution in [1.29, 1.82) is 0 Å². The van der Waals surface area contributed by atoms with Crippen LogP contribution < -0.4 is 19.5 Å². The zero-order chi connectivity index (χ0) is 21.6. The number of phenolic OH excluding ortho intramolecular Hbond substituents is 2. The Bertz CT molecular complexity index is 1110. The summed E-state index contributed by atoms with van der Waals surface area (Å²) in [5.74, 6) is 1.46. The van der Waals surface area contributed by atoms with Crippen molar-refractivity contribution in [2.75, 3.05) is 18.7 Å². The van der Waals surface area contributed by atoms with Crippen LogP contribution in [0.2, 0.25) is 0 Å². The molecule has 0 spiro atoms. The number of carbonyl (C=O) groups excluding carboxylic acids is 1. The third-order valence-electron chi connectivity index (χ3n) is 4.64. The van der Waals surface area contributed by atoms with E-state index in [1.54, 1.807) is 36.4 Å². The number of anilines is 1. The quantitative estimate of drug-likeness (QED) is 0.394. The minimum Gasteiger partial charge on any atom is -0.504 e. The first-order valence-corrected chi connectivity index (χ1v) is 9.69. The number of aromatic hydroxyl groups is 2. The van der Waals surface area contributed by atoms with Crippen LogP contribution in [0.5, 0.6) is 28.7 Å². The van der Waals surface area contributed by atoms with Gasteiger partial charge in [0.15, 0.2) is 23.0 Å². The summed E-state index contributed by atoms with van der Waals surface area (Å²) >= 11 is 0.